The number of benzene rings is 1. The highest BCUT2D eigenvalue weighted by Crippen LogP contribution is 2.22. The molecule has 2 rings (SSSR count). The molecule has 0 aliphatic carbocycles. The molecule has 0 atom stereocenters. The Morgan fingerprint density at radius 1 is 1.00 bits per heavy atom. The fourth-order valence-electron chi connectivity index (χ4n) is 2.21. The van der Waals surface area contributed by atoms with Gasteiger partial charge in [0.2, 0.25) is 0 Å². The van der Waals surface area contributed by atoms with Gasteiger partial charge in [0.25, 0.3) is 17.7 Å². The number of nitrogens with one attached hydrogen (secondary N) is 2. The molecule has 1 aromatic heterocycles. The maximum atomic E-state index is 12.1. The molecule has 0 aliphatic heterocycles. The molecule has 0 bridgehead atoms. The quantitative estimate of drug-likeness (QED) is 0.722. The molecule has 1 aromatic carbocycles. The Labute approximate surface area is 167 Å². The van der Waals surface area contributed by atoms with Gasteiger partial charge < -0.3 is 10.1 Å². The molecule has 0 spiro atoms. The zero-order valence-electron chi connectivity index (χ0n) is 15.9. The zero-order valence-corrected chi connectivity index (χ0v) is 16.7. The number of amides is 3. The van der Waals surface area contributed by atoms with E-state index in [0.717, 1.165) is 5.56 Å². The Morgan fingerprint density at radius 2 is 1.68 bits per heavy atom. The van der Waals surface area contributed by atoms with Crippen LogP contribution in [0.4, 0.5) is 0 Å². The first-order valence-electron chi connectivity index (χ1n) is 8.59. The summed E-state index contributed by atoms with van der Waals surface area (Å²) in [7, 11) is 0. The van der Waals surface area contributed by atoms with Crippen LogP contribution >= 0.6 is 11.3 Å². The van der Waals surface area contributed by atoms with Crippen LogP contribution in [0.5, 0.6) is 0 Å². The van der Waals surface area contributed by atoms with Gasteiger partial charge in [-0.2, -0.15) is 0 Å². The summed E-state index contributed by atoms with van der Waals surface area (Å²) in [5.74, 6) is -2.49. The number of ether oxygens (including phenoxy) is 1. The van der Waals surface area contributed by atoms with Crippen LogP contribution < -0.4 is 10.6 Å². The molecule has 0 fully saturated rings. The molecule has 2 aromatic rings. The number of carbonyl (C=O) groups excluding carboxylic acids is 4. The van der Waals surface area contributed by atoms with Gasteiger partial charge >= 0.3 is 5.97 Å². The smallest absolute Gasteiger partial charge is 0.325 e. The van der Waals surface area contributed by atoms with Gasteiger partial charge in [-0.1, -0.05) is 39.0 Å². The maximum absolute atomic E-state index is 12.1. The van der Waals surface area contributed by atoms with Gasteiger partial charge in [-0.3, -0.25) is 24.5 Å². The molecule has 0 saturated heterocycles. The van der Waals surface area contributed by atoms with Crippen LogP contribution in [0.1, 0.15) is 46.4 Å². The van der Waals surface area contributed by atoms with Gasteiger partial charge in [-0.15, -0.1) is 11.3 Å². The van der Waals surface area contributed by atoms with Crippen LogP contribution in [0, 0.1) is 0 Å². The Kier molecular flexibility index (Phi) is 7.06. The molecule has 0 aliphatic rings. The minimum absolute atomic E-state index is 0.0235. The summed E-state index contributed by atoms with van der Waals surface area (Å²) in [4.78, 5) is 47.5. The van der Waals surface area contributed by atoms with Crippen LogP contribution in [0.15, 0.2) is 41.8 Å². The monoisotopic (exact) mass is 402 g/mol. The maximum Gasteiger partial charge on any atom is 0.325 e. The van der Waals surface area contributed by atoms with E-state index in [2.05, 4.69) is 31.4 Å². The second-order valence-electron chi connectivity index (χ2n) is 7.03. The summed E-state index contributed by atoms with van der Waals surface area (Å²) in [6.45, 7) is 5.23. The number of rotatable bonds is 6. The minimum atomic E-state index is -0.779. The standard InChI is InChI=1S/C20H22N2O5S/c1-20(2,3)14-8-6-13(7-9-14)18(25)21-11-17(24)27-12-16(23)22-19(26)15-5-4-10-28-15/h4-10H,11-12H2,1-3H3,(H,21,25)(H,22,23,26). The summed E-state index contributed by atoms with van der Waals surface area (Å²) in [6.07, 6.45) is 0. The molecule has 28 heavy (non-hydrogen) atoms. The van der Waals surface area contributed by atoms with E-state index < -0.39 is 30.3 Å². The predicted octanol–water partition coefficient (Wildman–Crippen LogP) is 2.28. The van der Waals surface area contributed by atoms with Crippen LogP contribution in [0.2, 0.25) is 0 Å². The largest absolute Gasteiger partial charge is 0.454 e. The molecular formula is C20H22N2O5S. The lowest BCUT2D eigenvalue weighted by Crippen LogP contribution is -2.36. The Morgan fingerprint density at radius 3 is 2.25 bits per heavy atom. The lowest BCUT2D eigenvalue weighted by atomic mass is 9.87. The van der Waals surface area contributed by atoms with Gasteiger partial charge in [0.05, 0.1) is 4.88 Å². The fraction of sp³-hybridized carbons (Fsp3) is 0.300. The van der Waals surface area contributed by atoms with E-state index in [4.69, 9.17) is 4.74 Å². The van der Waals surface area contributed by atoms with Crippen molar-refractivity contribution in [3.8, 4) is 0 Å². The van der Waals surface area contributed by atoms with Crippen molar-refractivity contribution in [1.82, 2.24) is 10.6 Å². The number of carbonyl (C=O) groups is 4. The lowest BCUT2D eigenvalue weighted by molar-refractivity contribution is -0.147. The van der Waals surface area contributed by atoms with Crippen LogP contribution in [0.25, 0.3) is 0 Å². The zero-order chi connectivity index (χ0) is 20.7. The third-order valence-electron chi connectivity index (χ3n) is 3.77. The highest BCUT2D eigenvalue weighted by Gasteiger charge is 2.16. The van der Waals surface area contributed by atoms with Gasteiger partial charge in [0.1, 0.15) is 6.54 Å². The highest BCUT2D eigenvalue weighted by atomic mass is 32.1. The van der Waals surface area contributed by atoms with E-state index >= 15 is 0 Å². The van der Waals surface area contributed by atoms with Crippen molar-refractivity contribution in [3.63, 3.8) is 0 Å². The predicted molar refractivity (Wildman–Crippen MR) is 105 cm³/mol. The molecule has 0 unspecified atom stereocenters. The average Bonchev–Trinajstić information content (AvgIpc) is 3.18. The average molecular weight is 402 g/mol. The van der Waals surface area contributed by atoms with E-state index in [-0.39, 0.29) is 12.0 Å². The van der Waals surface area contributed by atoms with E-state index in [1.54, 1.807) is 29.6 Å². The second kappa shape index (κ2) is 9.27. The van der Waals surface area contributed by atoms with Crippen molar-refractivity contribution in [1.29, 1.82) is 0 Å². The molecular weight excluding hydrogens is 380 g/mol. The Hall–Kier alpha value is -3.00. The molecule has 8 heteroatoms. The topological polar surface area (TPSA) is 102 Å². The first kappa shape index (κ1) is 21.3. The van der Waals surface area contributed by atoms with Gasteiger partial charge in [0, 0.05) is 5.56 Å². The molecule has 3 amide bonds. The normalized spacial score (nSPS) is 10.8. The van der Waals surface area contributed by atoms with Crippen LogP contribution in [-0.2, 0) is 19.7 Å². The SMILES string of the molecule is CC(C)(C)c1ccc(C(=O)NCC(=O)OCC(=O)NC(=O)c2cccs2)cc1. The summed E-state index contributed by atoms with van der Waals surface area (Å²) in [5.41, 5.74) is 1.48. The third-order valence-corrected chi connectivity index (χ3v) is 4.64. The summed E-state index contributed by atoms with van der Waals surface area (Å²) in [5, 5.41) is 6.25. The summed E-state index contributed by atoms with van der Waals surface area (Å²) >= 11 is 1.19. The van der Waals surface area contributed by atoms with Gasteiger partial charge in [0.15, 0.2) is 6.61 Å². The number of hydrogen-bond acceptors (Lipinski definition) is 6. The van der Waals surface area contributed by atoms with E-state index in [0.29, 0.717) is 10.4 Å². The molecule has 148 valence electrons. The first-order valence-corrected chi connectivity index (χ1v) is 9.47. The van der Waals surface area contributed by atoms with Crippen molar-refractivity contribution in [2.45, 2.75) is 26.2 Å². The lowest BCUT2D eigenvalue weighted by Gasteiger charge is -2.19. The third kappa shape index (κ3) is 6.31. The van der Waals surface area contributed by atoms with E-state index in [1.807, 2.05) is 12.1 Å². The summed E-state index contributed by atoms with van der Waals surface area (Å²) < 4.78 is 4.76. The first-order chi connectivity index (χ1) is 13.2. The van der Waals surface area contributed by atoms with E-state index in [9.17, 15) is 19.2 Å². The molecule has 0 radical (unpaired) electrons. The molecule has 1 heterocycles. The molecule has 7 nitrogen and oxygen atoms in total. The van der Waals surface area contributed by atoms with Crippen molar-refractivity contribution >= 4 is 35.0 Å². The van der Waals surface area contributed by atoms with Crippen molar-refractivity contribution < 1.29 is 23.9 Å². The van der Waals surface area contributed by atoms with Crippen molar-refractivity contribution in [3.05, 3.63) is 57.8 Å². The van der Waals surface area contributed by atoms with E-state index in [1.165, 1.54) is 11.3 Å². The number of thiophene rings is 1. The summed E-state index contributed by atoms with van der Waals surface area (Å²) in [6, 6.07) is 10.4. The molecule has 2 N–H and O–H groups in total. The second-order valence-corrected chi connectivity index (χ2v) is 7.97. The fourth-order valence-corrected chi connectivity index (χ4v) is 2.82. The van der Waals surface area contributed by atoms with Crippen LogP contribution in [-0.4, -0.2) is 36.8 Å². The molecule has 0 saturated carbocycles. The Balaban J connectivity index is 1.73. The van der Waals surface area contributed by atoms with Crippen molar-refractivity contribution in [2.75, 3.05) is 13.2 Å². The van der Waals surface area contributed by atoms with Gasteiger partial charge in [-0.25, -0.2) is 0 Å². The van der Waals surface area contributed by atoms with Gasteiger partial charge in [-0.05, 0) is 34.6 Å². The number of hydrogen-bond donors (Lipinski definition) is 2. The number of esters is 1. The Bertz CT molecular complexity index is 852. The highest BCUT2D eigenvalue weighted by molar-refractivity contribution is 7.12. The minimum Gasteiger partial charge on any atom is -0.454 e. The van der Waals surface area contributed by atoms with Crippen LogP contribution in [0.3, 0.4) is 0 Å². The van der Waals surface area contributed by atoms with Crippen molar-refractivity contribution in [2.24, 2.45) is 0 Å². The number of imide groups is 1.